The summed E-state index contributed by atoms with van der Waals surface area (Å²) in [4.78, 5) is 24.0. The number of nitrogens with one attached hydrogen (secondary N) is 1. The Morgan fingerprint density at radius 1 is 1.24 bits per heavy atom. The average molecular weight is 234 g/mol. The van der Waals surface area contributed by atoms with Crippen LogP contribution in [0.2, 0.25) is 0 Å². The number of aromatic nitrogens is 1. The highest BCUT2D eigenvalue weighted by atomic mass is 19.1. The first kappa shape index (κ1) is 11.0. The third-order valence-corrected chi connectivity index (χ3v) is 2.26. The molecule has 1 aromatic carbocycles. The molecule has 6 heteroatoms. The average Bonchev–Trinajstić information content (AvgIpc) is 2.29. The van der Waals surface area contributed by atoms with E-state index in [2.05, 4.69) is 4.98 Å². The van der Waals surface area contributed by atoms with Crippen LogP contribution < -0.4 is 5.56 Å². The number of nitrogens with zero attached hydrogens (tertiary/aromatic N) is 1. The highest BCUT2D eigenvalue weighted by Gasteiger charge is 2.17. The smallest absolute Gasteiger partial charge is 0.277 e. The van der Waals surface area contributed by atoms with Gasteiger partial charge in [0.15, 0.2) is 0 Å². The number of hydrogen-bond acceptors (Lipinski definition) is 3. The van der Waals surface area contributed by atoms with Gasteiger partial charge in [-0.15, -0.1) is 0 Å². The van der Waals surface area contributed by atoms with Gasteiger partial charge in [0.25, 0.3) is 11.2 Å². The second-order valence-electron chi connectivity index (χ2n) is 3.33. The standard InChI is InChI=1S/C11H7FN2O3/c12-7-3-4-10(14(16)17)9(6-7)8-2-1-5-13-11(8)15/h1-6H,(H,13,15). The van der Waals surface area contributed by atoms with Crippen LogP contribution in [0.1, 0.15) is 0 Å². The van der Waals surface area contributed by atoms with Gasteiger partial charge in [-0.3, -0.25) is 14.9 Å². The number of nitro benzene ring substituents is 1. The van der Waals surface area contributed by atoms with E-state index in [1.807, 2.05) is 0 Å². The van der Waals surface area contributed by atoms with Crippen molar-refractivity contribution in [2.24, 2.45) is 0 Å². The fourth-order valence-corrected chi connectivity index (χ4v) is 1.52. The molecule has 1 aromatic heterocycles. The van der Waals surface area contributed by atoms with Crippen molar-refractivity contribution in [2.45, 2.75) is 0 Å². The lowest BCUT2D eigenvalue weighted by atomic mass is 10.1. The van der Waals surface area contributed by atoms with Crippen molar-refractivity contribution in [2.75, 3.05) is 0 Å². The summed E-state index contributed by atoms with van der Waals surface area (Å²) < 4.78 is 13.1. The largest absolute Gasteiger partial charge is 0.329 e. The molecule has 0 unspecified atom stereocenters. The van der Waals surface area contributed by atoms with Crippen LogP contribution in [0.5, 0.6) is 0 Å². The van der Waals surface area contributed by atoms with Crippen LogP contribution in [-0.2, 0) is 0 Å². The van der Waals surface area contributed by atoms with Gasteiger partial charge >= 0.3 is 0 Å². The first-order valence-corrected chi connectivity index (χ1v) is 4.71. The maximum atomic E-state index is 13.1. The third-order valence-electron chi connectivity index (χ3n) is 2.26. The Hall–Kier alpha value is -2.50. The molecule has 0 aliphatic heterocycles. The Balaban J connectivity index is 2.74. The zero-order valence-corrected chi connectivity index (χ0v) is 8.51. The molecular formula is C11H7FN2O3. The minimum atomic E-state index is -0.652. The normalized spacial score (nSPS) is 10.2. The summed E-state index contributed by atoms with van der Waals surface area (Å²) in [5, 5.41) is 10.8. The molecule has 0 aliphatic rings. The highest BCUT2D eigenvalue weighted by molar-refractivity contribution is 5.72. The summed E-state index contributed by atoms with van der Waals surface area (Å²) in [7, 11) is 0. The van der Waals surface area contributed by atoms with Crippen molar-refractivity contribution < 1.29 is 9.31 Å². The molecule has 0 radical (unpaired) electrons. The second-order valence-corrected chi connectivity index (χ2v) is 3.33. The fraction of sp³-hybridized carbons (Fsp3) is 0. The van der Waals surface area contributed by atoms with Crippen molar-refractivity contribution in [1.29, 1.82) is 0 Å². The van der Waals surface area contributed by atoms with Gasteiger partial charge in [-0.25, -0.2) is 4.39 Å². The van der Waals surface area contributed by atoms with Gasteiger partial charge < -0.3 is 4.98 Å². The van der Waals surface area contributed by atoms with E-state index in [1.165, 1.54) is 18.3 Å². The van der Waals surface area contributed by atoms with Crippen LogP contribution in [0.4, 0.5) is 10.1 Å². The molecule has 5 nitrogen and oxygen atoms in total. The van der Waals surface area contributed by atoms with Crippen LogP contribution in [0.25, 0.3) is 11.1 Å². The molecule has 2 aromatic rings. The lowest BCUT2D eigenvalue weighted by Crippen LogP contribution is -2.08. The molecule has 86 valence electrons. The van der Waals surface area contributed by atoms with Crippen LogP contribution >= 0.6 is 0 Å². The van der Waals surface area contributed by atoms with Crippen LogP contribution in [0, 0.1) is 15.9 Å². The van der Waals surface area contributed by atoms with Crippen LogP contribution in [0.3, 0.4) is 0 Å². The number of nitro groups is 1. The number of pyridine rings is 1. The van der Waals surface area contributed by atoms with E-state index in [-0.39, 0.29) is 16.8 Å². The quantitative estimate of drug-likeness (QED) is 0.638. The molecule has 0 bridgehead atoms. The zero-order chi connectivity index (χ0) is 12.4. The van der Waals surface area contributed by atoms with Crippen LogP contribution in [0.15, 0.2) is 41.3 Å². The van der Waals surface area contributed by atoms with Gasteiger partial charge in [-0.05, 0) is 24.3 Å². The van der Waals surface area contributed by atoms with E-state index in [1.54, 1.807) is 0 Å². The van der Waals surface area contributed by atoms with Crippen LogP contribution in [-0.4, -0.2) is 9.91 Å². The summed E-state index contributed by atoms with van der Waals surface area (Å²) in [5.74, 6) is -0.631. The summed E-state index contributed by atoms with van der Waals surface area (Å²) in [5.41, 5.74) is -0.764. The van der Waals surface area contributed by atoms with E-state index >= 15 is 0 Å². The highest BCUT2D eigenvalue weighted by Crippen LogP contribution is 2.27. The predicted octanol–water partition coefficient (Wildman–Crippen LogP) is 2.09. The molecule has 0 atom stereocenters. The van der Waals surface area contributed by atoms with Gasteiger partial charge in [-0.2, -0.15) is 0 Å². The topological polar surface area (TPSA) is 76.0 Å². The predicted molar refractivity (Wildman–Crippen MR) is 59.1 cm³/mol. The molecule has 0 aliphatic carbocycles. The van der Waals surface area contributed by atoms with E-state index in [0.717, 1.165) is 18.2 Å². The monoisotopic (exact) mass is 234 g/mol. The zero-order valence-electron chi connectivity index (χ0n) is 8.51. The SMILES string of the molecule is O=c1[nH]cccc1-c1cc(F)ccc1[N+](=O)[O-]. The van der Waals surface area contributed by atoms with Crippen molar-refractivity contribution in [3.05, 3.63) is 62.8 Å². The van der Waals surface area contributed by atoms with E-state index in [0.29, 0.717) is 0 Å². The number of aromatic amines is 1. The first-order valence-electron chi connectivity index (χ1n) is 4.71. The lowest BCUT2D eigenvalue weighted by Gasteiger charge is -2.02. The summed E-state index contributed by atoms with van der Waals surface area (Å²) in [6.07, 6.45) is 1.40. The lowest BCUT2D eigenvalue weighted by molar-refractivity contribution is -0.384. The molecule has 0 spiro atoms. The number of halogens is 1. The molecule has 0 saturated carbocycles. The molecule has 2 rings (SSSR count). The first-order chi connectivity index (χ1) is 8.09. The van der Waals surface area contributed by atoms with Gasteiger partial charge in [0.1, 0.15) is 5.82 Å². The van der Waals surface area contributed by atoms with Crippen molar-refractivity contribution in [3.8, 4) is 11.1 Å². The molecule has 1 N–H and O–H groups in total. The number of rotatable bonds is 2. The molecule has 0 fully saturated rings. The molecule has 0 amide bonds. The van der Waals surface area contributed by atoms with Crippen molar-refractivity contribution >= 4 is 5.69 Å². The summed E-state index contributed by atoms with van der Waals surface area (Å²) in [6.45, 7) is 0. The van der Waals surface area contributed by atoms with Crippen molar-refractivity contribution in [3.63, 3.8) is 0 Å². The van der Waals surface area contributed by atoms with Gasteiger partial charge in [0.05, 0.1) is 16.1 Å². The van der Waals surface area contributed by atoms with Gasteiger partial charge in [0.2, 0.25) is 0 Å². The van der Waals surface area contributed by atoms with E-state index in [4.69, 9.17) is 0 Å². The number of H-pyrrole nitrogens is 1. The molecule has 17 heavy (non-hydrogen) atoms. The number of hydrogen-bond donors (Lipinski definition) is 1. The molecule has 0 saturated heterocycles. The molecule has 1 heterocycles. The Morgan fingerprint density at radius 2 is 2.00 bits per heavy atom. The van der Waals surface area contributed by atoms with E-state index in [9.17, 15) is 19.3 Å². The maximum Gasteiger partial charge on any atom is 0.277 e. The number of benzene rings is 1. The Labute approximate surface area is 94.7 Å². The van der Waals surface area contributed by atoms with Gasteiger partial charge in [-0.1, -0.05) is 0 Å². The second kappa shape index (κ2) is 4.17. The van der Waals surface area contributed by atoms with Crippen molar-refractivity contribution in [1.82, 2.24) is 4.98 Å². The van der Waals surface area contributed by atoms with E-state index < -0.39 is 16.3 Å². The Bertz CT molecular complexity index is 637. The Kier molecular flexibility index (Phi) is 2.70. The third kappa shape index (κ3) is 2.05. The maximum absolute atomic E-state index is 13.1. The van der Waals surface area contributed by atoms with Gasteiger partial charge in [0, 0.05) is 12.3 Å². The fourth-order valence-electron chi connectivity index (χ4n) is 1.52. The molecular weight excluding hydrogens is 227 g/mol. The minimum absolute atomic E-state index is 0.0307. The summed E-state index contributed by atoms with van der Waals surface area (Å²) in [6, 6.07) is 5.92. The summed E-state index contributed by atoms with van der Waals surface area (Å²) >= 11 is 0. The Morgan fingerprint density at radius 3 is 2.65 bits per heavy atom. The minimum Gasteiger partial charge on any atom is -0.329 e.